The van der Waals surface area contributed by atoms with Crippen molar-refractivity contribution in [2.24, 2.45) is 0 Å². The van der Waals surface area contributed by atoms with E-state index in [1.54, 1.807) is 6.20 Å². The summed E-state index contributed by atoms with van der Waals surface area (Å²) < 4.78 is 7.56. The summed E-state index contributed by atoms with van der Waals surface area (Å²) in [5.41, 5.74) is 2.63. The average molecular weight is 244 g/mol. The van der Waals surface area contributed by atoms with Crippen molar-refractivity contribution >= 4 is 0 Å². The summed E-state index contributed by atoms with van der Waals surface area (Å²) >= 11 is 0. The zero-order chi connectivity index (χ0) is 12.6. The maximum absolute atomic E-state index is 5.49. The van der Waals surface area contributed by atoms with E-state index in [0.29, 0.717) is 0 Å². The molecule has 0 aliphatic rings. The molecule has 1 aromatic heterocycles. The molecule has 0 N–H and O–H groups in total. The van der Waals surface area contributed by atoms with Crippen molar-refractivity contribution in [3.05, 3.63) is 54.1 Å². The molecule has 96 valence electrons. The Morgan fingerprint density at radius 3 is 2.56 bits per heavy atom. The smallest absolute Gasteiger partial charge is 0.0949 e. The van der Waals surface area contributed by atoms with Crippen LogP contribution < -0.4 is 0 Å². The molecule has 0 unspecified atom stereocenters. The van der Waals surface area contributed by atoms with E-state index in [1.165, 1.54) is 11.1 Å². The molecule has 0 spiro atoms. The van der Waals surface area contributed by atoms with Crippen LogP contribution in [0.5, 0.6) is 0 Å². The molecule has 0 bridgehead atoms. The minimum Gasteiger partial charge on any atom is -0.381 e. The summed E-state index contributed by atoms with van der Waals surface area (Å²) in [6, 6.07) is 8.72. The number of benzene rings is 1. The molecule has 3 heteroatoms. The van der Waals surface area contributed by atoms with E-state index in [9.17, 15) is 0 Å². The fraction of sp³-hybridized carbons (Fsp3) is 0.400. The predicted octanol–water partition coefficient (Wildman–Crippen LogP) is 2.90. The van der Waals surface area contributed by atoms with Crippen molar-refractivity contribution in [1.82, 2.24) is 9.55 Å². The SMILES string of the molecule is CCCOCCc1ccc(Cn2ccnc2)cc1. The summed E-state index contributed by atoms with van der Waals surface area (Å²) in [5, 5.41) is 0. The highest BCUT2D eigenvalue weighted by Gasteiger charge is 1.96. The molecule has 2 rings (SSSR count). The maximum atomic E-state index is 5.49. The molecule has 2 aromatic rings. The van der Waals surface area contributed by atoms with Crippen LogP contribution >= 0.6 is 0 Å². The van der Waals surface area contributed by atoms with Gasteiger partial charge in [-0.3, -0.25) is 0 Å². The molecule has 0 aliphatic carbocycles. The number of nitrogens with zero attached hydrogens (tertiary/aromatic N) is 2. The first-order valence-corrected chi connectivity index (χ1v) is 6.50. The molecule has 0 saturated heterocycles. The second-order valence-electron chi connectivity index (χ2n) is 4.41. The fourth-order valence-corrected chi connectivity index (χ4v) is 1.84. The van der Waals surface area contributed by atoms with Gasteiger partial charge in [0.15, 0.2) is 0 Å². The van der Waals surface area contributed by atoms with E-state index in [2.05, 4.69) is 40.7 Å². The minimum absolute atomic E-state index is 0.814. The summed E-state index contributed by atoms with van der Waals surface area (Å²) in [6.45, 7) is 4.69. The van der Waals surface area contributed by atoms with Gasteiger partial charge in [0.1, 0.15) is 0 Å². The number of rotatable bonds is 7. The highest BCUT2D eigenvalue weighted by molar-refractivity contribution is 5.22. The van der Waals surface area contributed by atoms with Crippen molar-refractivity contribution < 1.29 is 4.74 Å². The van der Waals surface area contributed by atoms with Gasteiger partial charge in [0, 0.05) is 25.5 Å². The van der Waals surface area contributed by atoms with Gasteiger partial charge < -0.3 is 9.30 Å². The molecule has 0 amide bonds. The average Bonchev–Trinajstić information content (AvgIpc) is 2.89. The Labute approximate surface area is 108 Å². The second kappa shape index (κ2) is 6.97. The minimum atomic E-state index is 0.814. The normalized spacial score (nSPS) is 10.7. The van der Waals surface area contributed by atoms with Crippen LogP contribution in [0.4, 0.5) is 0 Å². The number of ether oxygens (including phenoxy) is 1. The van der Waals surface area contributed by atoms with Crippen LogP contribution in [-0.2, 0) is 17.7 Å². The van der Waals surface area contributed by atoms with E-state index < -0.39 is 0 Å². The summed E-state index contributed by atoms with van der Waals surface area (Å²) in [7, 11) is 0. The largest absolute Gasteiger partial charge is 0.381 e. The highest BCUT2D eigenvalue weighted by Crippen LogP contribution is 2.07. The monoisotopic (exact) mass is 244 g/mol. The molecular formula is C15H20N2O. The van der Waals surface area contributed by atoms with E-state index in [0.717, 1.165) is 32.6 Å². The summed E-state index contributed by atoms with van der Waals surface area (Å²) in [6.07, 6.45) is 7.70. The number of hydrogen-bond acceptors (Lipinski definition) is 2. The van der Waals surface area contributed by atoms with Crippen LogP contribution in [0.2, 0.25) is 0 Å². The third kappa shape index (κ3) is 4.00. The first kappa shape index (κ1) is 12.8. The van der Waals surface area contributed by atoms with E-state index in [1.807, 2.05) is 12.5 Å². The standard InChI is InChI=1S/C15H20N2O/c1-2-10-18-11-7-14-3-5-15(6-4-14)12-17-9-8-16-13-17/h3-6,8-9,13H,2,7,10-12H2,1H3. The third-order valence-electron chi connectivity index (χ3n) is 2.83. The van der Waals surface area contributed by atoms with Crippen LogP contribution in [0.3, 0.4) is 0 Å². The van der Waals surface area contributed by atoms with Crippen LogP contribution in [0.1, 0.15) is 24.5 Å². The Morgan fingerprint density at radius 1 is 1.11 bits per heavy atom. The van der Waals surface area contributed by atoms with Gasteiger partial charge in [-0.2, -0.15) is 0 Å². The number of hydrogen-bond donors (Lipinski definition) is 0. The summed E-state index contributed by atoms with van der Waals surface area (Å²) in [5.74, 6) is 0. The molecule has 0 atom stereocenters. The first-order chi connectivity index (χ1) is 8.88. The maximum Gasteiger partial charge on any atom is 0.0949 e. The molecule has 0 aliphatic heterocycles. The lowest BCUT2D eigenvalue weighted by Gasteiger charge is -2.05. The quantitative estimate of drug-likeness (QED) is 0.700. The predicted molar refractivity (Wildman–Crippen MR) is 72.6 cm³/mol. The van der Waals surface area contributed by atoms with Crippen LogP contribution in [0.25, 0.3) is 0 Å². The van der Waals surface area contributed by atoms with Crippen LogP contribution in [-0.4, -0.2) is 22.8 Å². The Bertz CT molecular complexity index is 434. The lowest BCUT2D eigenvalue weighted by atomic mass is 10.1. The lowest BCUT2D eigenvalue weighted by molar-refractivity contribution is 0.138. The molecular weight excluding hydrogens is 224 g/mol. The van der Waals surface area contributed by atoms with Gasteiger partial charge >= 0.3 is 0 Å². The second-order valence-corrected chi connectivity index (χ2v) is 4.41. The van der Waals surface area contributed by atoms with E-state index in [-0.39, 0.29) is 0 Å². The van der Waals surface area contributed by atoms with Crippen molar-refractivity contribution in [1.29, 1.82) is 0 Å². The Balaban J connectivity index is 1.82. The Morgan fingerprint density at radius 2 is 1.89 bits per heavy atom. The number of imidazole rings is 1. The first-order valence-electron chi connectivity index (χ1n) is 6.50. The molecule has 3 nitrogen and oxygen atoms in total. The molecule has 1 aromatic carbocycles. The Hall–Kier alpha value is -1.61. The molecule has 18 heavy (non-hydrogen) atoms. The van der Waals surface area contributed by atoms with E-state index in [4.69, 9.17) is 4.74 Å². The highest BCUT2D eigenvalue weighted by atomic mass is 16.5. The summed E-state index contributed by atoms with van der Waals surface area (Å²) in [4.78, 5) is 4.04. The molecule has 0 radical (unpaired) electrons. The zero-order valence-electron chi connectivity index (χ0n) is 10.9. The zero-order valence-corrected chi connectivity index (χ0v) is 10.9. The van der Waals surface area contributed by atoms with Crippen LogP contribution in [0.15, 0.2) is 43.0 Å². The Kier molecular flexibility index (Phi) is 4.97. The van der Waals surface area contributed by atoms with Gasteiger partial charge in [0.2, 0.25) is 0 Å². The van der Waals surface area contributed by atoms with Gasteiger partial charge in [0.25, 0.3) is 0 Å². The fourth-order valence-electron chi connectivity index (χ4n) is 1.84. The molecule has 0 fully saturated rings. The van der Waals surface area contributed by atoms with Gasteiger partial charge in [-0.25, -0.2) is 4.98 Å². The van der Waals surface area contributed by atoms with Crippen molar-refractivity contribution in [3.8, 4) is 0 Å². The molecule has 0 saturated carbocycles. The topological polar surface area (TPSA) is 27.1 Å². The van der Waals surface area contributed by atoms with Gasteiger partial charge in [0.05, 0.1) is 12.9 Å². The van der Waals surface area contributed by atoms with Crippen LogP contribution in [0, 0.1) is 0 Å². The van der Waals surface area contributed by atoms with Crippen molar-refractivity contribution in [3.63, 3.8) is 0 Å². The van der Waals surface area contributed by atoms with Gasteiger partial charge in [-0.1, -0.05) is 31.2 Å². The van der Waals surface area contributed by atoms with Gasteiger partial charge in [-0.15, -0.1) is 0 Å². The van der Waals surface area contributed by atoms with Crippen molar-refractivity contribution in [2.75, 3.05) is 13.2 Å². The van der Waals surface area contributed by atoms with E-state index >= 15 is 0 Å². The number of aromatic nitrogens is 2. The van der Waals surface area contributed by atoms with Crippen molar-refractivity contribution in [2.45, 2.75) is 26.3 Å². The molecule has 1 heterocycles. The lowest BCUT2D eigenvalue weighted by Crippen LogP contribution is -2.00. The third-order valence-corrected chi connectivity index (χ3v) is 2.83. The van der Waals surface area contributed by atoms with Gasteiger partial charge in [-0.05, 0) is 24.0 Å².